The summed E-state index contributed by atoms with van der Waals surface area (Å²) in [6.07, 6.45) is -1.61. The quantitative estimate of drug-likeness (QED) is 0.301. The van der Waals surface area contributed by atoms with Crippen LogP contribution in [0.4, 0.5) is 4.39 Å². The Hall–Kier alpha value is -1.33. The Morgan fingerprint density at radius 1 is 1.79 bits per heavy atom. The molecule has 6 nitrogen and oxygen atoms in total. The normalized spacial score (nSPS) is 13.9. The maximum atomic E-state index is 12.9. The van der Waals surface area contributed by atoms with Gasteiger partial charge in [-0.25, -0.2) is 4.39 Å². The van der Waals surface area contributed by atoms with E-state index in [2.05, 4.69) is 14.8 Å². The van der Waals surface area contributed by atoms with Crippen molar-refractivity contribution in [2.24, 2.45) is 10.8 Å². The van der Waals surface area contributed by atoms with E-state index in [0.29, 0.717) is 0 Å². The van der Waals surface area contributed by atoms with Crippen LogP contribution in [0.5, 0.6) is 0 Å². The number of nitrogens with zero attached hydrogens (tertiary/aromatic N) is 3. The molecule has 0 aliphatic rings. The van der Waals surface area contributed by atoms with Crippen molar-refractivity contribution in [3.8, 4) is 0 Å². The number of nitrogens with two attached hydrogens (primary N) is 1. The Kier molecular flexibility index (Phi) is 6.43. The largest absolute Gasteiger partial charge is 0.465 e. The van der Waals surface area contributed by atoms with Gasteiger partial charge in [-0.3, -0.25) is 4.79 Å². The zero-order valence-electron chi connectivity index (χ0n) is 7.89. The van der Waals surface area contributed by atoms with Crippen LogP contribution < -0.4 is 5.73 Å². The summed E-state index contributed by atoms with van der Waals surface area (Å²) in [5.41, 5.74) is 13.2. The summed E-state index contributed by atoms with van der Waals surface area (Å²) in [5.74, 6) is -0.643. The second-order valence-electron chi connectivity index (χ2n) is 2.60. The summed E-state index contributed by atoms with van der Waals surface area (Å²) in [6.45, 7) is 1.53. The summed E-state index contributed by atoms with van der Waals surface area (Å²) < 4.78 is 17.5. The monoisotopic (exact) mass is 204 g/mol. The molecule has 0 heterocycles. The lowest BCUT2D eigenvalue weighted by molar-refractivity contribution is -0.145. The van der Waals surface area contributed by atoms with Crippen LogP contribution in [0.25, 0.3) is 10.4 Å². The van der Waals surface area contributed by atoms with Crippen LogP contribution >= 0.6 is 0 Å². The molecule has 0 aliphatic carbocycles. The lowest BCUT2D eigenvalue weighted by Crippen LogP contribution is -2.35. The van der Waals surface area contributed by atoms with Gasteiger partial charge in [0.2, 0.25) is 0 Å². The minimum Gasteiger partial charge on any atom is -0.465 e. The number of esters is 1. The molecule has 7 heteroatoms. The molecule has 0 amide bonds. The Balaban J connectivity index is 3.85. The van der Waals surface area contributed by atoms with E-state index in [1.54, 1.807) is 6.92 Å². The van der Waals surface area contributed by atoms with Gasteiger partial charge in [0, 0.05) is 11.3 Å². The number of hydrogen-bond acceptors (Lipinski definition) is 4. The third-order valence-electron chi connectivity index (χ3n) is 1.44. The first-order chi connectivity index (χ1) is 6.61. The van der Waals surface area contributed by atoms with Crippen LogP contribution in [0.1, 0.15) is 13.3 Å². The van der Waals surface area contributed by atoms with E-state index in [1.165, 1.54) is 0 Å². The molecule has 0 aliphatic heterocycles. The van der Waals surface area contributed by atoms with Crippen LogP contribution in [0, 0.1) is 0 Å². The molecule has 0 saturated heterocycles. The second kappa shape index (κ2) is 7.11. The molecule has 0 fully saturated rings. The first-order valence-electron chi connectivity index (χ1n) is 4.19. The van der Waals surface area contributed by atoms with Gasteiger partial charge in [0.05, 0.1) is 13.2 Å². The predicted octanol–water partition coefficient (Wildman–Crippen LogP) is 0.915. The zero-order chi connectivity index (χ0) is 11.0. The maximum Gasteiger partial charge on any atom is 0.323 e. The van der Waals surface area contributed by atoms with Gasteiger partial charge in [-0.1, -0.05) is 5.11 Å². The minimum atomic E-state index is -1.41. The van der Waals surface area contributed by atoms with Crippen LogP contribution in [0.3, 0.4) is 0 Å². The Morgan fingerprint density at radius 2 is 2.43 bits per heavy atom. The van der Waals surface area contributed by atoms with E-state index in [4.69, 9.17) is 11.3 Å². The molecular formula is C7H13FN4O2. The molecule has 0 saturated carbocycles. The van der Waals surface area contributed by atoms with Crippen LogP contribution in [-0.2, 0) is 9.53 Å². The number of hydrogen-bond donors (Lipinski definition) is 1. The van der Waals surface area contributed by atoms with Gasteiger partial charge in [0.15, 0.2) is 0 Å². The third-order valence-corrected chi connectivity index (χ3v) is 1.44. The summed E-state index contributed by atoms with van der Waals surface area (Å²) in [6, 6.07) is -1.00. The van der Waals surface area contributed by atoms with Gasteiger partial charge in [-0.2, -0.15) is 0 Å². The Labute approximate surface area is 80.8 Å². The summed E-state index contributed by atoms with van der Waals surface area (Å²) in [4.78, 5) is 13.3. The lowest BCUT2D eigenvalue weighted by atomic mass is 10.1. The Morgan fingerprint density at radius 3 is 2.93 bits per heavy atom. The molecule has 0 aromatic carbocycles. The molecule has 0 aromatic heterocycles. The number of rotatable bonds is 6. The van der Waals surface area contributed by atoms with Crippen LogP contribution in [0.15, 0.2) is 5.11 Å². The van der Waals surface area contributed by atoms with Crippen LogP contribution in [0.2, 0.25) is 0 Å². The number of carbonyl (C=O) groups is 1. The number of azide groups is 1. The van der Waals surface area contributed by atoms with Crippen molar-refractivity contribution in [3.63, 3.8) is 0 Å². The first-order valence-corrected chi connectivity index (χ1v) is 4.19. The van der Waals surface area contributed by atoms with Crippen molar-refractivity contribution in [1.29, 1.82) is 0 Å². The molecule has 80 valence electrons. The van der Waals surface area contributed by atoms with Crippen molar-refractivity contribution in [1.82, 2.24) is 0 Å². The van der Waals surface area contributed by atoms with E-state index in [0.717, 1.165) is 0 Å². The average molecular weight is 204 g/mol. The molecule has 14 heavy (non-hydrogen) atoms. The fourth-order valence-electron chi connectivity index (χ4n) is 0.821. The van der Waals surface area contributed by atoms with E-state index in [9.17, 15) is 9.18 Å². The molecule has 0 rings (SSSR count). The summed E-state index contributed by atoms with van der Waals surface area (Å²) in [7, 11) is 0. The molecule has 0 unspecified atom stereocenters. The second-order valence-corrected chi connectivity index (χ2v) is 2.60. The predicted molar refractivity (Wildman–Crippen MR) is 48.1 cm³/mol. The van der Waals surface area contributed by atoms with E-state index in [1.807, 2.05) is 0 Å². The summed E-state index contributed by atoms with van der Waals surface area (Å²) in [5, 5.41) is 3.03. The Bertz CT molecular complexity index is 230. The molecule has 2 N–H and O–H groups in total. The van der Waals surface area contributed by atoms with Gasteiger partial charge in [0.25, 0.3) is 0 Å². The van der Waals surface area contributed by atoms with Crippen molar-refractivity contribution < 1.29 is 13.9 Å². The third kappa shape index (κ3) is 5.34. The molecular weight excluding hydrogens is 191 g/mol. The number of ether oxygens (including phenoxy) is 1. The molecule has 0 aromatic rings. The highest BCUT2D eigenvalue weighted by Crippen LogP contribution is 2.03. The van der Waals surface area contributed by atoms with Gasteiger partial charge in [-0.05, 0) is 12.5 Å². The standard InChI is InChI=1S/C7H13FN4O2/c1-2-14-7(13)6(9)3-5(8)4-11-12-10/h5-6H,2-4,9H2,1H3/t5-,6+/m1/s1. The number of halogens is 1. The number of alkyl halides is 1. The average Bonchev–Trinajstić information content (AvgIpc) is 2.15. The van der Waals surface area contributed by atoms with Crippen molar-refractivity contribution in [2.45, 2.75) is 25.6 Å². The van der Waals surface area contributed by atoms with Gasteiger partial charge < -0.3 is 10.5 Å². The van der Waals surface area contributed by atoms with Gasteiger partial charge in [0.1, 0.15) is 12.2 Å². The van der Waals surface area contributed by atoms with Crippen molar-refractivity contribution in [2.75, 3.05) is 13.2 Å². The number of carbonyl (C=O) groups excluding carboxylic acids is 1. The molecule has 0 bridgehead atoms. The smallest absolute Gasteiger partial charge is 0.323 e. The van der Waals surface area contributed by atoms with Crippen molar-refractivity contribution >= 4 is 5.97 Å². The van der Waals surface area contributed by atoms with E-state index in [-0.39, 0.29) is 19.6 Å². The topological polar surface area (TPSA) is 101 Å². The highest BCUT2D eigenvalue weighted by molar-refractivity contribution is 5.75. The maximum absolute atomic E-state index is 12.9. The SMILES string of the molecule is CCOC(=O)[C@@H](N)C[C@@H](F)CN=[N+]=[N-]. The molecule has 0 spiro atoms. The highest BCUT2D eigenvalue weighted by atomic mass is 19.1. The minimum absolute atomic E-state index is 0.197. The van der Waals surface area contributed by atoms with Crippen LogP contribution in [-0.4, -0.2) is 31.3 Å². The fraction of sp³-hybridized carbons (Fsp3) is 0.857. The summed E-state index contributed by atoms with van der Waals surface area (Å²) >= 11 is 0. The van der Waals surface area contributed by atoms with E-state index >= 15 is 0 Å². The lowest BCUT2D eigenvalue weighted by Gasteiger charge is -2.11. The molecule has 2 atom stereocenters. The highest BCUT2D eigenvalue weighted by Gasteiger charge is 2.19. The van der Waals surface area contributed by atoms with E-state index < -0.39 is 18.2 Å². The van der Waals surface area contributed by atoms with Gasteiger partial charge in [-0.15, -0.1) is 0 Å². The zero-order valence-corrected chi connectivity index (χ0v) is 7.89. The molecule has 0 radical (unpaired) electrons. The first kappa shape index (κ1) is 12.7. The van der Waals surface area contributed by atoms with Crippen molar-refractivity contribution in [3.05, 3.63) is 10.4 Å². The fourth-order valence-corrected chi connectivity index (χ4v) is 0.821. The van der Waals surface area contributed by atoms with Gasteiger partial charge >= 0.3 is 5.97 Å².